The summed E-state index contributed by atoms with van der Waals surface area (Å²) in [6.45, 7) is 7.06. The number of aryl methyl sites for hydroxylation is 4. The van der Waals surface area contributed by atoms with Gasteiger partial charge in [-0.1, -0.05) is 18.5 Å². The molecule has 0 aromatic carbocycles. The van der Waals surface area contributed by atoms with Gasteiger partial charge in [0.15, 0.2) is 0 Å². The van der Waals surface area contributed by atoms with Gasteiger partial charge in [0.05, 0.1) is 33.8 Å². The van der Waals surface area contributed by atoms with E-state index in [1.54, 1.807) is 0 Å². The van der Waals surface area contributed by atoms with Crippen LogP contribution in [0.2, 0.25) is 5.02 Å². The molecule has 1 unspecified atom stereocenters. The molecule has 2 aromatic heterocycles. The van der Waals surface area contributed by atoms with Crippen molar-refractivity contribution in [3.05, 3.63) is 33.9 Å². The van der Waals surface area contributed by atoms with Crippen molar-refractivity contribution in [2.75, 3.05) is 7.05 Å². The molecule has 5 nitrogen and oxygen atoms in total. The highest BCUT2D eigenvalue weighted by Gasteiger charge is 2.21. The molecule has 0 spiro atoms. The van der Waals surface area contributed by atoms with Gasteiger partial charge in [-0.3, -0.25) is 9.36 Å². The summed E-state index contributed by atoms with van der Waals surface area (Å²) >= 11 is 6.46. The van der Waals surface area contributed by atoms with Crippen LogP contribution in [0.4, 0.5) is 0 Å². The smallest absolute Gasteiger partial charge is 0.0850 e. The number of nitrogens with one attached hydrogen (secondary N) is 1. The van der Waals surface area contributed by atoms with Gasteiger partial charge in [0.25, 0.3) is 0 Å². The number of halogens is 1. The first kappa shape index (κ1) is 16.0. The van der Waals surface area contributed by atoms with Gasteiger partial charge < -0.3 is 5.32 Å². The van der Waals surface area contributed by atoms with Gasteiger partial charge in [-0.05, 0) is 33.4 Å². The SMILES string of the molecule is CCc1nn(C)c(CC(NC)c2cc(C)nn2CC)c1Cl. The zero-order chi connectivity index (χ0) is 15.6. The maximum absolute atomic E-state index is 6.46. The molecule has 116 valence electrons. The minimum atomic E-state index is 0.170. The lowest BCUT2D eigenvalue weighted by atomic mass is 10.1. The van der Waals surface area contributed by atoms with Crippen LogP contribution < -0.4 is 5.32 Å². The summed E-state index contributed by atoms with van der Waals surface area (Å²) in [5, 5.41) is 13.2. The summed E-state index contributed by atoms with van der Waals surface area (Å²) in [5.41, 5.74) is 4.25. The third-order valence-corrected chi connectivity index (χ3v) is 4.27. The highest BCUT2D eigenvalue weighted by molar-refractivity contribution is 6.31. The second kappa shape index (κ2) is 6.62. The van der Waals surface area contributed by atoms with Crippen LogP contribution >= 0.6 is 11.6 Å². The van der Waals surface area contributed by atoms with Gasteiger partial charge >= 0.3 is 0 Å². The Morgan fingerprint density at radius 2 is 2.05 bits per heavy atom. The molecule has 2 heterocycles. The number of nitrogens with zero attached hydrogens (tertiary/aromatic N) is 4. The molecule has 2 rings (SSSR count). The Morgan fingerprint density at radius 1 is 1.33 bits per heavy atom. The molecular weight excluding hydrogens is 286 g/mol. The first-order chi connectivity index (χ1) is 10.0. The fourth-order valence-corrected chi connectivity index (χ4v) is 3.06. The van der Waals surface area contributed by atoms with Crippen molar-refractivity contribution in [2.45, 2.75) is 46.2 Å². The van der Waals surface area contributed by atoms with Crippen LogP contribution in [0.15, 0.2) is 6.07 Å². The van der Waals surface area contributed by atoms with Gasteiger partial charge in [0, 0.05) is 20.0 Å². The fraction of sp³-hybridized carbons (Fsp3) is 0.600. The van der Waals surface area contributed by atoms with Crippen LogP contribution in [0.5, 0.6) is 0 Å². The van der Waals surface area contributed by atoms with Crippen molar-refractivity contribution in [3.63, 3.8) is 0 Å². The molecular formula is C15H24ClN5. The lowest BCUT2D eigenvalue weighted by Gasteiger charge is -2.17. The Morgan fingerprint density at radius 3 is 2.57 bits per heavy atom. The van der Waals surface area contributed by atoms with Crippen LogP contribution in [-0.4, -0.2) is 26.6 Å². The van der Waals surface area contributed by atoms with Gasteiger partial charge in [-0.2, -0.15) is 10.2 Å². The number of hydrogen-bond acceptors (Lipinski definition) is 3. The van der Waals surface area contributed by atoms with E-state index in [-0.39, 0.29) is 6.04 Å². The summed E-state index contributed by atoms with van der Waals surface area (Å²) < 4.78 is 3.94. The van der Waals surface area contributed by atoms with Crippen molar-refractivity contribution in [1.29, 1.82) is 0 Å². The van der Waals surface area contributed by atoms with E-state index < -0.39 is 0 Å². The minimum Gasteiger partial charge on any atom is -0.311 e. The lowest BCUT2D eigenvalue weighted by molar-refractivity contribution is 0.499. The third kappa shape index (κ3) is 3.14. The van der Waals surface area contributed by atoms with Crippen molar-refractivity contribution in [3.8, 4) is 0 Å². The Balaban J connectivity index is 2.33. The van der Waals surface area contributed by atoms with Crippen molar-refractivity contribution in [2.24, 2.45) is 7.05 Å². The molecule has 21 heavy (non-hydrogen) atoms. The number of aromatic nitrogens is 4. The van der Waals surface area contributed by atoms with Crippen LogP contribution in [0.1, 0.15) is 42.7 Å². The van der Waals surface area contributed by atoms with E-state index >= 15 is 0 Å². The Hall–Kier alpha value is -1.33. The van der Waals surface area contributed by atoms with E-state index in [1.807, 2.05) is 30.4 Å². The Labute approximate surface area is 131 Å². The van der Waals surface area contributed by atoms with Gasteiger partial charge in [-0.25, -0.2) is 0 Å². The normalized spacial score (nSPS) is 12.9. The highest BCUT2D eigenvalue weighted by atomic mass is 35.5. The molecule has 0 radical (unpaired) electrons. The van der Waals surface area contributed by atoms with E-state index in [4.69, 9.17) is 11.6 Å². The molecule has 0 amide bonds. The van der Waals surface area contributed by atoms with E-state index in [0.717, 1.165) is 41.5 Å². The largest absolute Gasteiger partial charge is 0.311 e. The topological polar surface area (TPSA) is 47.7 Å². The average Bonchev–Trinajstić information content (AvgIpc) is 2.97. The maximum atomic E-state index is 6.46. The summed E-state index contributed by atoms with van der Waals surface area (Å²) in [6.07, 6.45) is 1.65. The van der Waals surface area contributed by atoms with Gasteiger partial charge in [0.2, 0.25) is 0 Å². The third-order valence-electron chi connectivity index (χ3n) is 3.84. The van der Waals surface area contributed by atoms with Crippen molar-refractivity contribution >= 4 is 11.6 Å². The molecule has 0 aliphatic rings. The van der Waals surface area contributed by atoms with E-state index in [2.05, 4.69) is 35.4 Å². The first-order valence-corrected chi connectivity index (χ1v) is 7.81. The van der Waals surface area contributed by atoms with E-state index in [9.17, 15) is 0 Å². The molecule has 0 saturated heterocycles. The zero-order valence-electron chi connectivity index (χ0n) is 13.4. The second-order valence-electron chi connectivity index (χ2n) is 5.26. The summed E-state index contributed by atoms with van der Waals surface area (Å²) in [4.78, 5) is 0. The predicted octanol–water partition coefficient (Wildman–Crippen LogP) is 2.66. The molecule has 0 bridgehead atoms. The first-order valence-electron chi connectivity index (χ1n) is 7.43. The number of hydrogen-bond donors (Lipinski definition) is 1. The van der Waals surface area contributed by atoms with Crippen LogP contribution in [-0.2, 0) is 26.4 Å². The molecule has 1 atom stereocenters. The quantitative estimate of drug-likeness (QED) is 0.892. The molecule has 0 aliphatic carbocycles. The van der Waals surface area contributed by atoms with Gasteiger partial charge in [-0.15, -0.1) is 0 Å². The molecule has 0 aliphatic heterocycles. The van der Waals surface area contributed by atoms with Crippen molar-refractivity contribution in [1.82, 2.24) is 24.9 Å². The molecule has 2 aromatic rings. The molecule has 0 fully saturated rings. The van der Waals surface area contributed by atoms with Crippen molar-refractivity contribution < 1.29 is 0 Å². The standard InChI is InChI=1S/C15H24ClN5/c1-6-11-15(16)14(20(5)19-11)9-12(17-4)13-8-10(3)18-21(13)7-2/h8,12,17H,6-7,9H2,1-5H3. The molecule has 1 N–H and O–H groups in total. The highest BCUT2D eigenvalue weighted by Crippen LogP contribution is 2.26. The molecule has 0 saturated carbocycles. The lowest BCUT2D eigenvalue weighted by Crippen LogP contribution is -2.23. The number of rotatable bonds is 6. The Bertz CT molecular complexity index is 614. The zero-order valence-corrected chi connectivity index (χ0v) is 14.2. The fourth-order valence-electron chi connectivity index (χ4n) is 2.69. The molecule has 6 heteroatoms. The number of likely N-dealkylation sites (N-methyl/N-ethyl adjacent to an activating group) is 1. The predicted molar refractivity (Wildman–Crippen MR) is 85.7 cm³/mol. The minimum absolute atomic E-state index is 0.170. The summed E-state index contributed by atoms with van der Waals surface area (Å²) in [7, 11) is 3.92. The maximum Gasteiger partial charge on any atom is 0.0850 e. The Kier molecular flexibility index (Phi) is 5.06. The van der Waals surface area contributed by atoms with Crippen LogP contribution in [0.3, 0.4) is 0 Å². The monoisotopic (exact) mass is 309 g/mol. The average molecular weight is 310 g/mol. The second-order valence-corrected chi connectivity index (χ2v) is 5.63. The van der Waals surface area contributed by atoms with Crippen LogP contribution in [0, 0.1) is 6.92 Å². The van der Waals surface area contributed by atoms with E-state index in [1.165, 1.54) is 5.69 Å². The summed E-state index contributed by atoms with van der Waals surface area (Å²) in [5.74, 6) is 0. The van der Waals surface area contributed by atoms with Crippen LogP contribution in [0.25, 0.3) is 0 Å². The van der Waals surface area contributed by atoms with Gasteiger partial charge in [0.1, 0.15) is 0 Å². The summed E-state index contributed by atoms with van der Waals surface area (Å²) in [6, 6.07) is 2.30. The van der Waals surface area contributed by atoms with E-state index in [0.29, 0.717) is 0 Å².